The molecule has 0 amide bonds. The summed E-state index contributed by atoms with van der Waals surface area (Å²) >= 11 is 0. The number of hydrogen-bond acceptors (Lipinski definition) is 3. The Bertz CT molecular complexity index is 516. The van der Waals surface area contributed by atoms with Crippen molar-refractivity contribution in [3.05, 3.63) is 48.5 Å². The van der Waals surface area contributed by atoms with E-state index in [2.05, 4.69) is 12.1 Å². The quantitative estimate of drug-likeness (QED) is 0.724. The van der Waals surface area contributed by atoms with Gasteiger partial charge in [-0.05, 0) is 11.6 Å². The van der Waals surface area contributed by atoms with E-state index in [1.807, 2.05) is 36.4 Å². The largest absolute Gasteiger partial charge is 0.445 e. The maximum absolute atomic E-state index is 5.62. The molecule has 0 aromatic heterocycles. The Hall–Kier alpha value is -1.14. The van der Waals surface area contributed by atoms with Crippen LogP contribution in [0.4, 0.5) is 0 Å². The zero-order chi connectivity index (χ0) is 11.5. The standard InChI is InChI=1S/C12H10O3P2/c1-2-5-9(6-3-1)10-7-4-8-11-12(10)14-17-15-16-13-11/h1-8,16-17H. The van der Waals surface area contributed by atoms with Gasteiger partial charge in [-0.15, -0.1) is 0 Å². The number of fused-ring (bicyclic) bond motifs is 1. The number of para-hydroxylation sites is 1. The highest BCUT2D eigenvalue weighted by atomic mass is 31.2. The molecule has 1 aliphatic rings. The molecule has 1 aliphatic heterocycles. The third kappa shape index (κ3) is 2.28. The summed E-state index contributed by atoms with van der Waals surface area (Å²) in [6.07, 6.45) is 0. The van der Waals surface area contributed by atoms with Gasteiger partial charge in [-0.25, -0.2) is 0 Å². The second-order valence-corrected chi connectivity index (χ2v) is 5.03. The SMILES string of the molecule is c1ccc(-c2cccc3c2OPOPO3)cc1. The molecule has 5 heteroatoms. The first-order chi connectivity index (χ1) is 8.45. The van der Waals surface area contributed by atoms with Crippen LogP contribution in [0.25, 0.3) is 11.1 Å². The van der Waals surface area contributed by atoms with Crippen LogP contribution >= 0.6 is 18.1 Å². The van der Waals surface area contributed by atoms with Crippen molar-refractivity contribution in [2.24, 2.45) is 0 Å². The van der Waals surface area contributed by atoms with Crippen LogP contribution in [0.15, 0.2) is 48.5 Å². The van der Waals surface area contributed by atoms with E-state index >= 15 is 0 Å². The van der Waals surface area contributed by atoms with Crippen molar-refractivity contribution in [3.63, 3.8) is 0 Å². The first-order valence-electron chi connectivity index (χ1n) is 5.13. The summed E-state index contributed by atoms with van der Waals surface area (Å²) in [5, 5.41) is 0. The minimum atomic E-state index is -0.00962. The Morgan fingerprint density at radius 3 is 2.47 bits per heavy atom. The molecule has 2 atom stereocenters. The van der Waals surface area contributed by atoms with Gasteiger partial charge in [0.05, 0.1) is 0 Å². The second-order valence-electron chi connectivity index (χ2n) is 3.47. The molecule has 0 saturated heterocycles. The molecular formula is C12H10O3P2. The zero-order valence-electron chi connectivity index (χ0n) is 8.84. The summed E-state index contributed by atoms with van der Waals surface area (Å²) < 4.78 is 16.3. The van der Waals surface area contributed by atoms with Crippen LogP contribution in [0.1, 0.15) is 0 Å². The van der Waals surface area contributed by atoms with Gasteiger partial charge in [0, 0.05) is 5.56 Å². The Morgan fingerprint density at radius 2 is 1.59 bits per heavy atom. The lowest BCUT2D eigenvalue weighted by atomic mass is 10.0. The van der Waals surface area contributed by atoms with Crippen LogP contribution in [0, 0.1) is 0 Å². The smallest absolute Gasteiger partial charge is 0.221 e. The molecule has 2 aromatic rings. The molecule has 2 aromatic carbocycles. The lowest BCUT2D eigenvalue weighted by Crippen LogP contribution is -1.86. The summed E-state index contributed by atoms with van der Waals surface area (Å²) in [5.41, 5.74) is 2.15. The highest BCUT2D eigenvalue weighted by Gasteiger charge is 2.15. The highest BCUT2D eigenvalue weighted by molar-refractivity contribution is 7.41. The van der Waals surface area contributed by atoms with Crippen LogP contribution in [0.3, 0.4) is 0 Å². The fourth-order valence-electron chi connectivity index (χ4n) is 1.69. The average molecular weight is 264 g/mol. The fraction of sp³-hybridized carbons (Fsp3) is 0. The maximum atomic E-state index is 5.62. The molecular weight excluding hydrogens is 254 g/mol. The first kappa shape index (κ1) is 11.0. The number of hydrogen-bond donors (Lipinski definition) is 0. The van der Waals surface area contributed by atoms with Gasteiger partial charge >= 0.3 is 0 Å². The van der Waals surface area contributed by atoms with Crippen molar-refractivity contribution in [1.29, 1.82) is 0 Å². The number of rotatable bonds is 1. The van der Waals surface area contributed by atoms with Crippen LogP contribution in [0.2, 0.25) is 0 Å². The van der Waals surface area contributed by atoms with Gasteiger partial charge in [0.25, 0.3) is 0 Å². The van der Waals surface area contributed by atoms with E-state index < -0.39 is 0 Å². The minimum absolute atomic E-state index is 0.00314. The molecule has 0 aliphatic carbocycles. The average Bonchev–Trinajstić information content (AvgIpc) is 2.64. The predicted octanol–water partition coefficient (Wildman–Crippen LogP) is 4.16. The summed E-state index contributed by atoms with van der Waals surface area (Å²) in [6, 6.07) is 16.0. The lowest BCUT2D eigenvalue weighted by molar-refractivity contribution is 0.548. The molecule has 2 unspecified atom stereocenters. The molecule has 0 fully saturated rings. The normalized spacial score (nSPS) is 16.9. The minimum Gasteiger partial charge on any atom is -0.445 e. The first-order valence-corrected chi connectivity index (χ1v) is 6.76. The molecule has 86 valence electrons. The van der Waals surface area contributed by atoms with Crippen molar-refractivity contribution in [2.45, 2.75) is 0 Å². The molecule has 3 rings (SSSR count). The van der Waals surface area contributed by atoms with E-state index in [0.29, 0.717) is 0 Å². The third-order valence-corrected chi connectivity index (χ3v) is 3.70. The summed E-state index contributed by atoms with van der Waals surface area (Å²) in [6.45, 7) is 0. The second kappa shape index (κ2) is 5.01. The van der Waals surface area contributed by atoms with Crippen molar-refractivity contribution < 1.29 is 13.4 Å². The fourth-order valence-corrected chi connectivity index (χ4v) is 2.71. The van der Waals surface area contributed by atoms with E-state index in [0.717, 1.165) is 22.6 Å². The van der Waals surface area contributed by atoms with Crippen LogP contribution in [-0.4, -0.2) is 0 Å². The lowest BCUT2D eigenvalue weighted by Gasteiger charge is -2.10. The predicted molar refractivity (Wildman–Crippen MR) is 70.8 cm³/mol. The Morgan fingerprint density at radius 1 is 0.765 bits per heavy atom. The highest BCUT2D eigenvalue weighted by Crippen LogP contribution is 2.47. The molecule has 17 heavy (non-hydrogen) atoms. The maximum Gasteiger partial charge on any atom is 0.221 e. The van der Waals surface area contributed by atoms with E-state index in [1.165, 1.54) is 0 Å². The van der Waals surface area contributed by atoms with Gasteiger partial charge in [0.1, 0.15) is 0 Å². The number of benzene rings is 2. The van der Waals surface area contributed by atoms with Crippen molar-refractivity contribution >= 4 is 18.1 Å². The van der Waals surface area contributed by atoms with Crippen LogP contribution in [-0.2, 0) is 4.31 Å². The molecule has 0 radical (unpaired) electrons. The van der Waals surface area contributed by atoms with E-state index in [4.69, 9.17) is 13.4 Å². The zero-order valence-corrected chi connectivity index (χ0v) is 10.8. The molecule has 0 N–H and O–H groups in total. The topological polar surface area (TPSA) is 27.7 Å². The third-order valence-electron chi connectivity index (χ3n) is 2.44. The molecule has 0 bridgehead atoms. The Labute approximate surface area is 103 Å². The summed E-state index contributed by atoms with van der Waals surface area (Å²) in [5.74, 6) is 1.51. The van der Waals surface area contributed by atoms with E-state index in [9.17, 15) is 0 Å². The summed E-state index contributed by atoms with van der Waals surface area (Å²) in [4.78, 5) is 0. The van der Waals surface area contributed by atoms with Gasteiger partial charge in [-0.2, -0.15) is 0 Å². The van der Waals surface area contributed by atoms with E-state index in [1.54, 1.807) is 0 Å². The van der Waals surface area contributed by atoms with Gasteiger partial charge in [-0.3, -0.25) is 4.31 Å². The van der Waals surface area contributed by atoms with Crippen molar-refractivity contribution in [3.8, 4) is 22.6 Å². The Kier molecular flexibility index (Phi) is 3.24. The monoisotopic (exact) mass is 264 g/mol. The van der Waals surface area contributed by atoms with Crippen molar-refractivity contribution in [1.82, 2.24) is 0 Å². The van der Waals surface area contributed by atoms with E-state index in [-0.39, 0.29) is 18.1 Å². The molecule has 0 spiro atoms. The van der Waals surface area contributed by atoms with Gasteiger partial charge in [0.15, 0.2) is 11.5 Å². The molecule has 1 heterocycles. The van der Waals surface area contributed by atoms with Gasteiger partial charge in [0.2, 0.25) is 18.1 Å². The Balaban J connectivity index is 2.11. The molecule has 0 saturated carbocycles. The van der Waals surface area contributed by atoms with Crippen molar-refractivity contribution in [2.75, 3.05) is 0 Å². The molecule has 3 nitrogen and oxygen atoms in total. The van der Waals surface area contributed by atoms with Gasteiger partial charge < -0.3 is 9.05 Å². The van der Waals surface area contributed by atoms with Crippen LogP contribution in [0.5, 0.6) is 11.5 Å². The summed E-state index contributed by atoms with van der Waals surface area (Å²) in [7, 11) is -0.00648. The van der Waals surface area contributed by atoms with Gasteiger partial charge in [-0.1, -0.05) is 42.5 Å². The van der Waals surface area contributed by atoms with Crippen LogP contribution < -0.4 is 9.05 Å².